The van der Waals surface area contributed by atoms with Gasteiger partial charge < -0.3 is 19.7 Å². The van der Waals surface area contributed by atoms with Crippen molar-refractivity contribution in [1.29, 1.82) is 0 Å². The molecule has 2 amide bonds. The summed E-state index contributed by atoms with van der Waals surface area (Å²) < 4.78 is 48.8. The van der Waals surface area contributed by atoms with Crippen LogP contribution in [0.25, 0.3) is 0 Å². The highest BCUT2D eigenvalue weighted by Gasteiger charge is 2.30. The van der Waals surface area contributed by atoms with Gasteiger partial charge in [-0.05, 0) is 48.4 Å². The molecule has 0 aliphatic carbocycles. The lowest BCUT2D eigenvalue weighted by Crippen LogP contribution is -2.36. The van der Waals surface area contributed by atoms with Gasteiger partial charge in [-0.1, -0.05) is 19.9 Å². The number of nitrogens with zero attached hydrogens (tertiary/aromatic N) is 1. The number of benzene rings is 2. The minimum absolute atomic E-state index is 0.0238. The van der Waals surface area contributed by atoms with Gasteiger partial charge in [0, 0.05) is 31.5 Å². The van der Waals surface area contributed by atoms with Crippen LogP contribution >= 0.6 is 0 Å². The highest BCUT2D eigenvalue weighted by Crippen LogP contribution is 2.30. The number of hydrogen-bond donors (Lipinski definition) is 1. The van der Waals surface area contributed by atoms with Crippen molar-refractivity contribution in [3.05, 3.63) is 59.7 Å². The summed E-state index contributed by atoms with van der Waals surface area (Å²) in [5, 5.41) is 2.37. The quantitative estimate of drug-likeness (QED) is 0.578. The number of rotatable bonds is 10. The number of hydrogen-bond acceptors (Lipinski definition) is 4. The summed E-state index contributed by atoms with van der Waals surface area (Å²) in [5.74, 6) is -0.0847. The van der Waals surface area contributed by atoms with Crippen LogP contribution in [0.2, 0.25) is 0 Å². The van der Waals surface area contributed by atoms with Gasteiger partial charge in [-0.25, -0.2) is 0 Å². The molecule has 9 heteroatoms. The molecule has 0 bridgehead atoms. The summed E-state index contributed by atoms with van der Waals surface area (Å²) in [6.45, 7) is 5.15. The zero-order valence-corrected chi connectivity index (χ0v) is 18.2. The summed E-state index contributed by atoms with van der Waals surface area (Å²) in [7, 11) is 1.58. The molecule has 2 rings (SSSR count). The van der Waals surface area contributed by atoms with Gasteiger partial charge in [0.05, 0.1) is 12.2 Å². The van der Waals surface area contributed by atoms with Gasteiger partial charge in [0.1, 0.15) is 5.75 Å². The number of anilines is 1. The Labute approximate surface area is 185 Å². The Morgan fingerprint density at radius 1 is 1.09 bits per heavy atom. The van der Waals surface area contributed by atoms with E-state index in [-0.39, 0.29) is 11.6 Å². The summed E-state index contributed by atoms with van der Waals surface area (Å²) >= 11 is 0. The molecule has 0 aliphatic heterocycles. The Hall–Kier alpha value is -3.07. The van der Waals surface area contributed by atoms with Gasteiger partial charge in [0.25, 0.3) is 11.8 Å². The van der Waals surface area contributed by atoms with Crippen molar-refractivity contribution in [2.24, 2.45) is 5.92 Å². The fraction of sp³-hybridized carbons (Fsp3) is 0.391. The molecule has 0 fully saturated rings. The van der Waals surface area contributed by atoms with E-state index in [9.17, 15) is 22.8 Å². The van der Waals surface area contributed by atoms with E-state index >= 15 is 0 Å². The highest BCUT2D eigenvalue weighted by atomic mass is 19.4. The molecule has 174 valence electrons. The maximum absolute atomic E-state index is 12.8. The third kappa shape index (κ3) is 7.88. The Morgan fingerprint density at radius 2 is 1.78 bits per heavy atom. The second-order valence-corrected chi connectivity index (χ2v) is 7.58. The van der Waals surface area contributed by atoms with Crippen molar-refractivity contribution in [2.45, 2.75) is 20.0 Å². The minimum Gasteiger partial charge on any atom is -0.484 e. The van der Waals surface area contributed by atoms with Crippen LogP contribution in [0.5, 0.6) is 5.75 Å². The number of alkyl halides is 3. The van der Waals surface area contributed by atoms with E-state index in [4.69, 9.17) is 9.47 Å². The van der Waals surface area contributed by atoms with Crippen LogP contribution in [0.1, 0.15) is 29.8 Å². The number of nitrogens with one attached hydrogen (secondary N) is 1. The summed E-state index contributed by atoms with van der Waals surface area (Å²) in [4.78, 5) is 26.5. The minimum atomic E-state index is -4.50. The van der Waals surface area contributed by atoms with Gasteiger partial charge in [0.15, 0.2) is 6.61 Å². The smallest absolute Gasteiger partial charge is 0.416 e. The van der Waals surface area contributed by atoms with Crippen molar-refractivity contribution in [3.8, 4) is 5.75 Å². The first-order chi connectivity index (χ1) is 15.1. The van der Waals surface area contributed by atoms with Crippen molar-refractivity contribution < 1.29 is 32.2 Å². The summed E-state index contributed by atoms with van der Waals surface area (Å²) in [5.41, 5.74) is -0.355. The Kier molecular flexibility index (Phi) is 9.07. The Bertz CT molecular complexity index is 899. The second-order valence-electron chi connectivity index (χ2n) is 7.58. The average molecular weight is 452 g/mol. The lowest BCUT2D eigenvalue weighted by molar-refractivity contribution is -0.137. The molecule has 0 atom stereocenters. The zero-order valence-electron chi connectivity index (χ0n) is 18.2. The molecule has 0 unspecified atom stereocenters. The molecule has 0 spiro atoms. The zero-order chi connectivity index (χ0) is 23.7. The fourth-order valence-corrected chi connectivity index (χ4v) is 2.91. The molecule has 0 radical (unpaired) electrons. The molecule has 0 aromatic heterocycles. The van der Waals surface area contributed by atoms with Crippen molar-refractivity contribution in [3.63, 3.8) is 0 Å². The van der Waals surface area contributed by atoms with E-state index in [1.165, 1.54) is 12.1 Å². The topological polar surface area (TPSA) is 67.9 Å². The number of carbonyl (C=O) groups is 2. The molecule has 2 aromatic carbocycles. The first-order valence-electron chi connectivity index (χ1n) is 10.1. The largest absolute Gasteiger partial charge is 0.484 e. The number of halogens is 3. The average Bonchev–Trinajstić information content (AvgIpc) is 2.74. The van der Waals surface area contributed by atoms with Crippen molar-refractivity contribution >= 4 is 17.5 Å². The SMILES string of the molecule is COCCN(CC(C)C)C(=O)c1ccc(OCC(=O)Nc2cccc(C(F)(F)F)c2)cc1. The monoisotopic (exact) mass is 452 g/mol. The Morgan fingerprint density at radius 3 is 2.38 bits per heavy atom. The second kappa shape index (κ2) is 11.5. The first kappa shape index (κ1) is 25.2. The van der Waals surface area contributed by atoms with Crippen LogP contribution in [0.15, 0.2) is 48.5 Å². The third-order valence-electron chi connectivity index (χ3n) is 4.38. The number of ether oxygens (including phenoxy) is 2. The number of carbonyl (C=O) groups excluding carboxylic acids is 2. The van der Waals surface area contributed by atoms with E-state index in [0.717, 1.165) is 12.1 Å². The van der Waals surface area contributed by atoms with E-state index in [2.05, 4.69) is 5.32 Å². The van der Waals surface area contributed by atoms with E-state index in [1.54, 1.807) is 36.3 Å². The summed E-state index contributed by atoms with van der Waals surface area (Å²) in [6.07, 6.45) is -4.50. The molecule has 6 nitrogen and oxygen atoms in total. The Balaban J connectivity index is 1.93. The van der Waals surface area contributed by atoms with Crippen molar-refractivity contribution in [2.75, 3.05) is 38.7 Å². The van der Waals surface area contributed by atoms with Crippen LogP contribution < -0.4 is 10.1 Å². The molecule has 0 saturated carbocycles. The molecule has 0 aliphatic rings. The maximum Gasteiger partial charge on any atom is 0.416 e. The lowest BCUT2D eigenvalue weighted by atomic mass is 10.1. The fourth-order valence-electron chi connectivity index (χ4n) is 2.91. The number of methoxy groups -OCH3 is 1. The van der Waals surface area contributed by atoms with Gasteiger partial charge in [-0.3, -0.25) is 9.59 Å². The van der Waals surface area contributed by atoms with Crippen LogP contribution in [0.4, 0.5) is 18.9 Å². The third-order valence-corrected chi connectivity index (χ3v) is 4.38. The predicted octanol–water partition coefficient (Wildman–Crippen LogP) is 4.47. The molecular weight excluding hydrogens is 425 g/mol. The highest BCUT2D eigenvalue weighted by molar-refractivity contribution is 5.94. The molecule has 2 aromatic rings. The van der Waals surface area contributed by atoms with Crippen LogP contribution in [0, 0.1) is 5.92 Å². The predicted molar refractivity (Wildman–Crippen MR) is 115 cm³/mol. The van der Waals surface area contributed by atoms with E-state index in [1.807, 2.05) is 13.8 Å². The van der Waals surface area contributed by atoms with E-state index in [0.29, 0.717) is 36.9 Å². The summed E-state index contributed by atoms with van der Waals surface area (Å²) in [6, 6.07) is 10.7. The number of amides is 2. The molecule has 1 N–H and O–H groups in total. The molecule has 32 heavy (non-hydrogen) atoms. The lowest BCUT2D eigenvalue weighted by Gasteiger charge is -2.24. The van der Waals surface area contributed by atoms with Crippen molar-refractivity contribution in [1.82, 2.24) is 4.90 Å². The first-order valence-corrected chi connectivity index (χ1v) is 10.1. The molecular formula is C23H27F3N2O4. The van der Waals surface area contributed by atoms with Gasteiger partial charge >= 0.3 is 6.18 Å². The van der Waals surface area contributed by atoms with Gasteiger partial charge in [-0.2, -0.15) is 13.2 Å². The normalized spacial score (nSPS) is 11.3. The van der Waals surface area contributed by atoms with Crippen LogP contribution in [-0.2, 0) is 15.7 Å². The molecule has 0 heterocycles. The van der Waals surface area contributed by atoms with E-state index < -0.39 is 24.3 Å². The van der Waals surface area contributed by atoms with Gasteiger partial charge in [-0.15, -0.1) is 0 Å². The standard InChI is InChI=1S/C23H27F3N2O4/c1-16(2)14-28(11-12-31-3)22(30)17-7-9-20(10-8-17)32-15-21(29)27-19-6-4-5-18(13-19)23(24,25)26/h4-10,13,16H,11-12,14-15H2,1-3H3,(H,27,29). The van der Waals surface area contributed by atoms with Crippen LogP contribution in [0.3, 0.4) is 0 Å². The molecule has 0 saturated heterocycles. The maximum atomic E-state index is 12.8. The van der Waals surface area contributed by atoms with Gasteiger partial charge in [0.2, 0.25) is 0 Å². The van der Waals surface area contributed by atoms with Crippen LogP contribution in [-0.4, -0.2) is 50.1 Å².